The van der Waals surface area contributed by atoms with E-state index in [9.17, 15) is 14.4 Å². The van der Waals surface area contributed by atoms with E-state index in [1.807, 2.05) is 0 Å². The summed E-state index contributed by atoms with van der Waals surface area (Å²) in [6, 6.07) is -1.19. The lowest BCUT2D eigenvalue weighted by molar-refractivity contribution is -0.176. The molecule has 0 radical (unpaired) electrons. The normalized spacial score (nSPS) is 17.0. The smallest absolute Gasteiger partial charge is 0.324 e. The van der Waals surface area contributed by atoms with Gasteiger partial charge in [-0.15, -0.1) is 0 Å². The summed E-state index contributed by atoms with van der Waals surface area (Å²) in [5.41, 5.74) is 0. The number of nitrogens with one attached hydrogen (secondary N) is 1. The molecule has 0 spiro atoms. The number of rotatable bonds is 16. The van der Waals surface area contributed by atoms with Crippen LogP contribution in [0.4, 0.5) is 4.79 Å². The molecule has 0 aromatic rings. The average molecular weight is 386 g/mol. The molecular formula is C19H34N2O6. The van der Waals surface area contributed by atoms with Crippen molar-refractivity contribution < 1.29 is 29.0 Å². The van der Waals surface area contributed by atoms with E-state index in [0.29, 0.717) is 32.6 Å². The third-order valence-corrected chi connectivity index (χ3v) is 4.45. The summed E-state index contributed by atoms with van der Waals surface area (Å²) >= 11 is 0. The van der Waals surface area contributed by atoms with Crippen molar-refractivity contribution in [1.82, 2.24) is 10.2 Å². The maximum Gasteiger partial charge on any atom is 0.324 e. The number of hydrogen-bond acceptors (Lipinski definition) is 5. The topological polar surface area (TPSA) is 105 Å². The van der Waals surface area contributed by atoms with E-state index in [1.165, 1.54) is 4.90 Å². The van der Waals surface area contributed by atoms with Crippen LogP contribution >= 0.6 is 0 Å². The lowest BCUT2D eigenvalue weighted by Gasteiger charge is -2.29. The highest BCUT2D eigenvalue weighted by molar-refractivity contribution is 6.04. The second-order valence-electron chi connectivity index (χ2n) is 6.81. The molecule has 1 atom stereocenters. The van der Waals surface area contributed by atoms with Gasteiger partial charge >= 0.3 is 12.0 Å². The van der Waals surface area contributed by atoms with Gasteiger partial charge in [-0.25, -0.2) is 4.79 Å². The fourth-order valence-electron chi connectivity index (χ4n) is 2.86. The van der Waals surface area contributed by atoms with Gasteiger partial charge in [0, 0.05) is 26.2 Å². The van der Waals surface area contributed by atoms with Crippen molar-refractivity contribution >= 4 is 17.9 Å². The first-order valence-electron chi connectivity index (χ1n) is 10.1. The number of carbonyl (C=O) groups excluding carboxylic acids is 2. The van der Waals surface area contributed by atoms with E-state index in [0.717, 1.165) is 38.5 Å². The molecule has 0 aromatic heterocycles. The Morgan fingerprint density at radius 1 is 1.04 bits per heavy atom. The molecular weight excluding hydrogens is 352 g/mol. The van der Waals surface area contributed by atoms with E-state index in [2.05, 4.69) is 19.2 Å². The summed E-state index contributed by atoms with van der Waals surface area (Å²) in [6.07, 6.45) is 5.96. The molecule has 8 heteroatoms. The molecule has 156 valence electrons. The molecule has 0 aromatic carbocycles. The lowest BCUT2D eigenvalue weighted by Crippen LogP contribution is -2.47. The third kappa shape index (κ3) is 8.71. The number of carbonyl (C=O) groups is 3. The fourth-order valence-corrected chi connectivity index (χ4v) is 2.86. The molecule has 2 N–H and O–H groups in total. The first kappa shape index (κ1) is 23.4. The highest BCUT2D eigenvalue weighted by atomic mass is 16.7. The Kier molecular flexibility index (Phi) is 11.7. The summed E-state index contributed by atoms with van der Waals surface area (Å²) in [5, 5.41) is 11.0. The molecule has 1 aliphatic heterocycles. The first-order chi connectivity index (χ1) is 13.0. The van der Waals surface area contributed by atoms with E-state index < -0.39 is 24.3 Å². The number of hydrogen-bond donors (Lipinski definition) is 2. The van der Waals surface area contributed by atoms with E-state index in [4.69, 9.17) is 14.6 Å². The van der Waals surface area contributed by atoms with Crippen molar-refractivity contribution in [2.24, 2.45) is 0 Å². The van der Waals surface area contributed by atoms with Crippen molar-refractivity contribution in [3.8, 4) is 0 Å². The zero-order chi connectivity index (χ0) is 20.1. The molecule has 1 rings (SSSR count). The van der Waals surface area contributed by atoms with Gasteiger partial charge in [0.1, 0.15) is 0 Å². The largest absolute Gasteiger partial charge is 0.481 e. The Bertz CT molecular complexity index is 461. The van der Waals surface area contributed by atoms with Crippen LogP contribution in [0.3, 0.4) is 0 Å². The second kappa shape index (κ2) is 13.5. The predicted molar refractivity (Wildman–Crippen MR) is 100 cm³/mol. The monoisotopic (exact) mass is 386 g/mol. The molecule has 3 amide bonds. The molecule has 1 heterocycles. The van der Waals surface area contributed by atoms with Gasteiger partial charge in [-0.2, -0.15) is 0 Å². The number of urea groups is 1. The maximum absolute atomic E-state index is 12.3. The van der Waals surface area contributed by atoms with Gasteiger partial charge in [-0.3, -0.25) is 14.9 Å². The summed E-state index contributed by atoms with van der Waals surface area (Å²) < 4.78 is 11.6. The second-order valence-corrected chi connectivity index (χ2v) is 6.81. The summed E-state index contributed by atoms with van der Waals surface area (Å²) in [7, 11) is 0. The Hall–Kier alpha value is -1.67. The molecule has 27 heavy (non-hydrogen) atoms. The number of carboxylic acids is 1. The van der Waals surface area contributed by atoms with Gasteiger partial charge in [-0.1, -0.05) is 39.5 Å². The number of imide groups is 1. The Balaban J connectivity index is 2.59. The number of aliphatic carboxylic acids is 1. The van der Waals surface area contributed by atoms with Gasteiger partial charge in [0.05, 0.1) is 0 Å². The zero-order valence-corrected chi connectivity index (χ0v) is 16.6. The van der Waals surface area contributed by atoms with Crippen LogP contribution in [0.15, 0.2) is 0 Å². The van der Waals surface area contributed by atoms with Gasteiger partial charge in [0.2, 0.25) is 0 Å². The minimum atomic E-state index is -0.795. The molecule has 1 fully saturated rings. The van der Waals surface area contributed by atoms with Crippen LogP contribution in [-0.4, -0.2) is 60.0 Å². The van der Waals surface area contributed by atoms with Crippen LogP contribution in [0.25, 0.3) is 0 Å². The fraction of sp³-hybridized carbons (Fsp3) is 0.842. The van der Waals surface area contributed by atoms with Crippen molar-refractivity contribution in [2.45, 2.75) is 84.0 Å². The van der Waals surface area contributed by atoms with Crippen LogP contribution < -0.4 is 5.32 Å². The SMILES string of the molecule is CCCCOC(OCCCC)C1C(=O)NC(=O)N1CCCCCCC(=O)O. The number of carboxylic acid groups (broad SMARTS) is 1. The highest BCUT2D eigenvalue weighted by Gasteiger charge is 2.44. The summed E-state index contributed by atoms with van der Waals surface area (Å²) in [5.74, 6) is -1.18. The number of ether oxygens (including phenoxy) is 2. The number of nitrogens with zero attached hydrogens (tertiary/aromatic N) is 1. The van der Waals surface area contributed by atoms with Crippen molar-refractivity contribution in [2.75, 3.05) is 19.8 Å². The van der Waals surface area contributed by atoms with Crippen LogP contribution in [0.1, 0.15) is 71.6 Å². The van der Waals surface area contributed by atoms with E-state index >= 15 is 0 Å². The molecule has 1 unspecified atom stereocenters. The molecule has 1 aliphatic rings. The quantitative estimate of drug-likeness (QED) is 0.240. The maximum atomic E-state index is 12.3. The molecule has 8 nitrogen and oxygen atoms in total. The van der Waals surface area contributed by atoms with Crippen molar-refractivity contribution in [3.63, 3.8) is 0 Å². The van der Waals surface area contributed by atoms with Gasteiger partial charge in [-0.05, 0) is 25.7 Å². The molecule has 1 saturated heterocycles. The van der Waals surface area contributed by atoms with E-state index in [1.54, 1.807) is 0 Å². The average Bonchev–Trinajstić information content (AvgIpc) is 2.90. The lowest BCUT2D eigenvalue weighted by atomic mass is 10.1. The Labute approximate surface area is 161 Å². The minimum absolute atomic E-state index is 0.157. The van der Waals surface area contributed by atoms with Crippen LogP contribution in [0, 0.1) is 0 Å². The van der Waals surface area contributed by atoms with Crippen molar-refractivity contribution in [3.05, 3.63) is 0 Å². The summed E-state index contributed by atoms with van der Waals surface area (Å²) in [4.78, 5) is 36.5. The summed E-state index contributed by atoms with van der Waals surface area (Å²) in [6.45, 7) is 5.49. The highest BCUT2D eigenvalue weighted by Crippen LogP contribution is 2.19. The van der Waals surface area contributed by atoms with Crippen LogP contribution in [0.2, 0.25) is 0 Å². The number of amides is 3. The van der Waals surface area contributed by atoms with Crippen LogP contribution in [-0.2, 0) is 19.1 Å². The Morgan fingerprint density at radius 3 is 2.19 bits per heavy atom. The van der Waals surface area contributed by atoms with Crippen LogP contribution in [0.5, 0.6) is 0 Å². The molecule has 0 saturated carbocycles. The van der Waals surface area contributed by atoms with Gasteiger partial charge in [0.25, 0.3) is 5.91 Å². The predicted octanol–water partition coefficient (Wildman–Crippen LogP) is 2.90. The van der Waals surface area contributed by atoms with E-state index in [-0.39, 0.29) is 12.3 Å². The molecule has 0 aliphatic carbocycles. The zero-order valence-electron chi connectivity index (χ0n) is 16.6. The molecule has 0 bridgehead atoms. The van der Waals surface area contributed by atoms with Gasteiger partial charge < -0.3 is 19.5 Å². The first-order valence-corrected chi connectivity index (χ1v) is 10.1. The minimum Gasteiger partial charge on any atom is -0.481 e. The Morgan fingerprint density at radius 2 is 1.63 bits per heavy atom. The number of unbranched alkanes of at least 4 members (excludes halogenated alkanes) is 5. The van der Waals surface area contributed by atoms with Gasteiger partial charge in [0.15, 0.2) is 12.3 Å². The van der Waals surface area contributed by atoms with Crippen molar-refractivity contribution in [1.29, 1.82) is 0 Å². The standard InChI is InChI=1S/C19H34N2O6/c1-3-5-13-26-18(27-14-6-4-2)16-17(24)20-19(25)21(16)12-10-8-7-9-11-15(22)23/h16,18H,3-14H2,1-2H3,(H,22,23)(H,20,24,25). The third-order valence-electron chi connectivity index (χ3n) is 4.45.